The topological polar surface area (TPSA) is 93.7 Å². The Hall–Kier alpha value is -2.29. The smallest absolute Gasteiger partial charge is 0.244 e. The summed E-state index contributed by atoms with van der Waals surface area (Å²) in [6, 6.07) is 10.9. The predicted molar refractivity (Wildman–Crippen MR) is 94.8 cm³/mol. The number of nitrogens with one attached hydrogen (secondary N) is 2. The lowest BCUT2D eigenvalue weighted by atomic mass is 10.3. The summed E-state index contributed by atoms with van der Waals surface area (Å²) < 4.78 is 37.0. The van der Waals surface area contributed by atoms with Crippen molar-refractivity contribution in [2.24, 2.45) is 0 Å². The molecular formula is C16H17ClN2O5S. The van der Waals surface area contributed by atoms with E-state index in [9.17, 15) is 13.2 Å². The number of carbonyl (C=O) groups is 1. The standard InChI is InChI=1S/C16H17ClN2O5S/c1-23-13-5-3-4-12(9-13)19-16(20)10-18-25(21,22)15-8-11(17)6-7-14(15)24-2/h3-9,18H,10H2,1-2H3,(H,19,20). The van der Waals surface area contributed by atoms with Crippen LogP contribution < -0.4 is 19.5 Å². The van der Waals surface area contributed by atoms with Gasteiger partial charge in [-0.2, -0.15) is 0 Å². The summed E-state index contributed by atoms with van der Waals surface area (Å²) in [6.07, 6.45) is 0. The summed E-state index contributed by atoms with van der Waals surface area (Å²) in [5.41, 5.74) is 0.490. The second kappa shape index (κ2) is 8.19. The van der Waals surface area contributed by atoms with E-state index in [1.165, 1.54) is 32.4 Å². The van der Waals surface area contributed by atoms with Crippen molar-refractivity contribution in [1.82, 2.24) is 4.72 Å². The third-order valence-electron chi connectivity index (χ3n) is 3.19. The maximum absolute atomic E-state index is 12.4. The molecule has 0 unspecified atom stereocenters. The highest BCUT2D eigenvalue weighted by molar-refractivity contribution is 7.89. The van der Waals surface area contributed by atoms with Crippen LogP contribution in [0.15, 0.2) is 47.4 Å². The van der Waals surface area contributed by atoms with Gasteiger partial charge in [-0.3, -0.25) is 4.79 Å². The minimum atomic E-state index is -3.97. The molecule has 0 saturated heterocycles. The maximum Gasteiger partial charge on any atom is 0.244 e. The van der Waals surface area contributed by atoms with E-state index < -0.39 is 22.5 Å². The van der Waals surface area contributed by atoms with E-state index in [1.54, 1.807) is 24.3 Å². The SMILES string of the molecule is COc1cccc(NC(=O)CNS(=O)(=O)c2cc(Cl)ccc2OC)c1. The molecule has 2 aromatic carbocycles. The number of methoxy groups -OCH3 is 2. The molecule has 0 aromatic heterocycles. The van der Waals surface area contributed by atoms with Crippen molar-refractivity contribution in [2.45, 2.75) is 4.90 Å². The second-order valence-corrected chi connectivity index (χ2v) is 7.07. The van der Waals surface area contributed by atoms with Gasteiger partial charge in [0.1, 0.15) is 16.4 Å². The highest BCUT2D eigenvalue weighted by atomic mass is 35.5. The van der Waals surface area contributed by atoms with Gasteiger partial charge in [-0.05, 0) is 30.3 Å². The molecule has 0 saturated carbocycles. The fraction of sp³-hybridized carbons (Fsp3) is 0.188. The summed E-state index contributed by atoms with van der Waals surface area (Å²) in [4.78, 5) is 11.8. The van der Waals surface area contributed by atoms with Gasteiger partial charge in [0.2, 0.25) is 15.9 Å². The first-order chi connectivity index (χ1) is 11.9. The first-order valence-electron chi connectivity index (χ1n) is 7.13. The first-order valence-corrected chi connectivity index (χ1v) is 8.99. The van der Waals surface area contributed by atoms with Gasteiger partial charge in [0, 0.05) is 16.8 Å². The molecule has 25 heavy (non-hydrogen) atoms. The average molecular weight is 385 g/mol. The highest BCUT2D eigenvalue weighted by Crippen LogP contribution is 2.26. The van der Waals surface area contributed by atoms with Crippen LogP contribution in [0.1, 0.15) is 0 Å². The number of carbonyl (C=O) groups excluding carboxylic acids is 1. The Balaban J connectivity index is 2.06. The molecule has 0 heterocycles. The molecule has 2 rings (SSSR count). The normalized spacial score (nSPS) is 11.0. The molecule has 2 N–H and O–H groups in total. The molecule has 0 spiro atoms. The van der Waals surface area contributed by atoms with E-state index in [1.807, 2.05) is 0 Å². The Morgan fingerprint density at radius 1 is 1.12 bits per heavy atom. The van der Waals surface area contributed by atoms with Crippen molar-refractivity contribution in [3.63, 3.8) is 0 Å². The van der Waals surface area contributed by atoms with Crippen LogP contribution in [-0.2, 0) is 14.8 Å². The Kier molecular flexibility index (Phi) is 6.24. The van der Waals surface area contributed by atoms with E-state index in [4.69, 9.17) is 21.1 Å². The van der Waals surface area contributed by atoms with Crippen molar-refractivity contribution in [3.8, 4) is 11.5 Å². The molecule has 134 valence electrons. The van der Waals surface area contributed by atoms with E-state index in [0.29, 0.717) is 11.4 Å². The molecular weight excluding hydrogens is 368 g/mol. The first kappa shape index (κ1) is 19.0. The number of hydrogen-bond acceptors (Lipinski definition) is 5. The van der Waals surface area contributed by atoms with E-state index >= 15 is 0 Å². The van der Waals surface area contributed by atoms with Crippen molar-refractivity contribution < 1.29 is 22.7 Å². The van der Waals surface area contributed by atoms with Crippen molar-refractivity contribution >= 4 is 33.2 Å². The summed E-state index contributed by atoms with van der Waals surface area (Å²) in [6.45, 7) is -0.449. The molecule has 0 aliphatic carbocycles. The van der Waals surface area contributed by atoms with E-state index in [0.717, 1.165) is 0 Å². The number of ether oxygens (including phenoxy) is 2. The lowest BCUT2D eigenvalue weighted by Gasteiger charge is -2.11. The monoisotopic (exact) mass is 384 g/mol. The molecule has 0 aliphatic rings. The quantitative estimate of drug-likeness (QED) is 0.763. The maximum atomic E-state index is 12.4. The number of rotatable bonds is 7. The largest absolute Gasteiger partial charge is 0.497 e. The number of sulfonamides is 1. The van der Waals surface area contributed by atoms with Crippen molar-refractivity contribution in [3.05, 3.63) is 47.5 Å². The molecule has 7 nitrogen and oxygen atoms in total. The van der Waals surface area contributed by atoms with Crippen LogP contribution in [0.4, 0.5) is 5.69 Å². The van der Waals surface area contributed by atoms with Crippen molar-refractivity contribution in [2.75, 3.05) is 26.1 Å². The third kappa shape index (κ3) is 5.09. The third-order valence-corrected chi connectivity index (χ3v) is 4.85. The number of hydrogen-bond donors (Lipinski definition) is 2. The molecule has 0 radical (unpaired) electrons. The summed E-state index contributed by atoms with van der Waals surface area (Å²) in [5.74, 6) is 0.171. The van der Waals surface area contributed by atoms with Crippen LogP contribution in [0.5, 0.6) is 11.5 Å². The zero-order valence-corrected chi connectivity index (χ0v) is 15.1. The van der Waals surface area contributed by atoms with Gasteiger partial charge >= 0.3 is 0 Å². The van der Waals surface area contributed by atoms with Crippen LogP contribution in [-0.4, -0.2) is 35.1 Å². The lowest BCUT2D eigenvalue weighted by molar-refractivity contribution is -0.115. The number of halogens is 1. The zero-order chi connectivity index (χ0) is 18.4. The van der Waals surface area contributed by atoms with Gasteiger partial charge in [0.25, 0.3) is 0 Å². The minimum Gasteiger partial charge on any atom is -0.497 e. The molecule has 9 heteroatoms. The summed E-state index contributed by atoms with van der Waals surface area (Å²) in [7, 11) is -1.12. The van der Waals surface area contributed by atoms with Crippen LogP contribution >= 0.6 is 11.6 Å². The molecule has 2 aromatic rings. The van der Waals surface area contributed by atoms with Gasteiger partial charge in [0.15, 0.2) is 0 Å². The molecule has 0 atom stereocenters. The summed E-state index contributed by atoms with van der Waals surface area (Å²) in [5, 5.41) is 2.82. The minimum absolute atomic E-state index is 0.130. The molecule has 1 amide bonds. The number of amides is 1. The summed E-state index contributed by atoms with van der Waals surface area (Å²) >= 11 is 5.84. The lowest BCUT2D eigenvalue weighted by Crippen LogP contribution is -2.33. The molecule has 0 aliphatic heterocycles. The van der Waals surface area contributed by atoms with Gasteiger partial charge in [-0.25, -0.2) is 13.1 Å². The van der Waals surface area contributed by atoms with Gasteiger partial charge < -0.3 is 14.8 Å². The van der Waals surface area contributed by atoms with Gasteiger partial charge in [0.05, 0.1) is 20.8 Å². The highest BCUT2D eigenvalue weighted by Gasteiger charge is 2.21. The van der Waals surface area contributed by atoms with Gasteiger partial charge in [-0.15, -0.1) is 0 Å². The fourth-order valence-electron chi connectivity index (χ4n) is 2.00. The Bertz CT molecular complexity index is 871. The predicted octanol–water partition coefficient (Wildman–Crippen LogP) is 2.27. The van der Waals surface area contributed by atoms with Crippen LogP contribution in [0.3, 0.4) is 0 Å². The van der Waals surface area contributed by atoms with E-state index in [2.05, 4.69) is 10.0 Å². The Labute approximate surface area is 151 Å². The molecule has 0 fully saturated rings. The fourth-order valence-corrected chi connectivity index (χ4v) is 3.42. The number of benzene rings is 2. The zero-order valence-electron chi connectivity index (χ0n) is 13.6. The Morgan fingerprint density at radius 3 is 2.56 bits per heavy atom. The van der Waals surface area contributed by atoms with Crippen LogP contribution in [0.25, 0.3) is 0 Å². The van der Waals surface area contributed by atoms with E-state index in [-0.39, 0.29) is 15.7 Å². The van der Waals surface area contributed by atoms with Crippen molar-refractivity contribution in [1.29, 1.82) is 0 Å². The van der Waals surface area contributed by atoms with Crippen LogP contribution in [0, 0.1) is 0 Å². The van der Waals surface area contributed by atoms with Gasteiger partial charge in [-0.1, -0.05) is 17.7 Å². The second-order valence-electron chi connectivity index (χ2n) is 4.90. The number of anilines is 1. The van der Waals surface area contributed by atoms with Crippen LogP contribution in [0.2, 0.25) is 5.02 Å². The Morgan fingerprint density at radius 2 is 1.88 bits per heavy atom. The molecule has 0 bridgehead atoms. The average Bonchev–Trinajstić information content (AvgIpc) is 2.60.